The lowest BCUT2D eigenvalue weighted by Gasteiger charge is -2.17. The summed E-state index contributed by atoms with van der Waals surface area (Å²) in [7, 11) is 0. The van der Waals surface area contributed by atoms with E-state index in [9.17, 15) is 18.7 Å². The molecule has 0 aliphatic heterocycles. The van der Waals surface area contributed by atoms with Crippen LogP contribution in [0.2, 0.25) is 0 Å². The molecule has 0 radical (unpaired) electrons. The maximum Gasteiger partial charge on any atom is 0.270 e. The number of rotatable bonds is 7. The van der Waals surface area contributed by atoms with E-state index < -0.39 is 23.6 Å². The van der Waals surface area contributed by atoms with Gasteiger partial charge in [0.15, 0.2) is 11.4 Å². The Hall–Kier alpha value is -3.78. The largest absolute Gasteiger partial charge is 0.485 e. The minimum atomic E-state index is -0.701. The van der Waals surface area contributed by atoms with E-state index in [1.807, 2.05) is 30.3 Å². The molecule has 1 unspecified atom stereocenters. The fraction of sp³-hybridized carbons (Fsp3) is 0.167. The van der Waals surface area contributed by atoms with Gasteiger partial charge in [-0.3, -0.25) is 9.20 Å². The summed E-state index contributed by atoms with van der Waals surface area (Å²) in [6.45, 7) is 1.08. The highest BCUT2D eigenvalue weighted by molar-refractivity contribution is 5.95. The number of carbonyl (C=O) groups excluding carboxylic acids is 1. The molecule has 8 heteroatoms. The number of aromatic nitrogens is 2. The second-order valence-electron chi connectivity index (χ2n) is 7.22. The van der Waals surface area contributed by atoms with Crippen molar-refractivity contribution in [1.29, 1.82) is 0 Å². The van der Waals surface area contributed by atoms with Crippen molar-refractivity contribution in [2.24, 2.45) is 0 Å². The van der Waals surface area contributed by atoms with Gasteiger partial charge < -0.3 is 15.2 Å². The molecule has 1 atom stereocenters. The van der Waals surface area contributed by atoms with Crippen LogP contribution in [-0.2, 0) is 6.61 Å². The fourth-order valence-corrected chi connectivity index (χ4v) is 3.51. The first-order valence-corrected chi connectivity index (χ1v) is 9.99. The minimum Gasteiger partial charge on any atom is -0.485 e. The van der Waals surface area contributed by atoms with Gasteiger partial charge in [0.05, 0.1) is 23.9 Å². The van der Waals surface area contributed by atoms with E-state index in [0.29, 0.717) is 11.3 Å². The molecule has 0 aliphatic carbocycles. The Morgan fingerprint density at radius 2 is 1.81 bits per heavy atom. The van der Waals surface area contributed by atoms with Crippen LogP contribution in [0.15, 0.2) is 66.9 Å². The van der Waals surface area contributed by atoms with Gasteiger partial charge in [-0.15, -0.1) is 0 Å². The van der Waals surface area contributed by atoms with Gasteiger partial charge >= 0.3 is 0 Å². The van der Waals surface area contributed by atoms with Crippen molar-refractivity contribution in [2.75, 3.05) is 6.61 Å². The van der Waals surface area contributed by atoms with Crippen LogP contribution in [-0.4, -0.2) is 27.0 Å². The van der Waals surface area contributed by atoms with Gasteiger partial charge in [0.25, 0.3) is 5.91 Å². The number of imidazole rings is 1. The molecule has 0 saturated carbocycles. The number of pyridine rings is 1. The molecule has 0 saturated heterocycles. The topological polar surface area (TPSA) is 75.9 Å². The Balaban J connectivity index is 1.61. The molecule has 0 fully saturated rings. The van der Waals surface area contributed by atoms with Crippen LogP contribution in [0.3, 0.4) is 0 Å². The molecule has 4 rings (SSSR count). The number of halogens is 2. The summed E-state index contributed by atoms with van der Waals surface area (Å²) < 4.78 is 35.0. The summed E-state index contributed by atoms with van der Waals surface area (Å²) in [6.07, 6.45) is 1.65. The quantitative estimate of drug-likeness (QED) is 0.459. The highest BCUT2D eigenvalue weighted by Gasteiger charge is 2.22. The Bertz CT molecular complexity index is 1240. The zero-order chi connectivity index (χ0) is 22.7. The second-order valence-corrected chi connectivity index (χ2v) is 7.22. The van der Waals surface area contributed by atoms with Crippen LogP contribution in [0.25, 0.3) is 5.65 Å². The zero-order valence-electron chi connectivity index (χ0n) is 17.3. The normalized spacial score (nSPS) is 12.0. The third kappa shape index (κ3) is 4.17. The van der Waals surface area contributed by atoms with Gasteiger partial charge in [-0.2, -0.15) is 0 Å². The Morgan fingerprint density at radius 1 is 1.09 bits per heavy atom. The van der Waals surface area contributed by atoms with Gasteiger partial charge in [-0.05, 0) is 36.8 Å². The number of nitrogens with zero attached hydrogens (tertiary/aromatic N) is 2. The fourth-order valence-electron chi connectivity index (χ4n) is 3.51. The standard InChI is InChI=1S/C24H21F2N3O3/c1-15-22(24(31)28-20(13-30)16-7-3-2-4-8-16)29-12-6-11-21(23(29)27-15)32-14-17-18(25)9-5-10-19(17)26/h2-12,20,30H,13-14H2,1H3,(H,28,31). The van der Waals surface area contributed by atoms with Crippen LogP contribution in [0.5, 0.6) is 5.75 Å². The first-order chi connectivity index (χ1) is 15.5. The summed E-state index contributed by atoms with van der Waals surface area (Å²) in [4.78, 5) is 17.5. The number of hydrogen-bond acceptors (Lipinski definition) is 4. The average Bonchev–Trinajstić information content (AvgIpc) is 3.14. The highest BCUT2D eigenvalue weighted by Crippen LogP contribution is 2.24. The molecule has 164 valence electrons. The molecule has 0 bridgehead atoms. The Morgan fingerprint density at radius 3 is 2.50 bits per heavy atom. The minimum absolute atomic E-state index is 0.190. The van der Waals surface area contributed by atoms with Crippen molar-refractivity contribution in [3.05, 3.63) is 101 Å². The molecule has 4 aromatic rings. The first-order valence-electron chi connectivity index (χ1n) is 9.99. The van der Waals surface area contributed by atoms with E-state index in [1.54, 1.807) is 29.7 Å². The molecule has 0 aliphatic rings. The van der Waals surface area contributed by atoms with E-state index >= 15 is 0 Å². The third-order valence-electron chi connectivity index (χ3n) is 5.13. The Labute approximate surface area is 183 Å². The van der Waals surface area contributed by atoms with Crippen molar-refractivity contribution in [1.82, 2.24) is 14.7 Å². The smallest absolute Gasteiger partial charge is 0.270 e. The number of amides is 1. The van der Waals surface area contributed by atoms with E-state index in [0.717, 1.165) is 17.7 Å². The van der Waals surface area contributed by atoms with Gasteiger partial charge in [0.2, 0.25) is 0 Å². The number of nitrogens with one attached hydrogen (secondary N) is 1. The van der Waals surface area contributed by atoms with E-state index in [-0.39, 0.29) is 30.2 Å². The Kier molecular flexibility index (Phi) is 6.13. The molecular weight excluding hydrogens is 416 g/mol. The number of aliphatic hydroxyl groups excluding tert-OH is 1. The predicted molar refractivity (Wildman–Crippen MR) is 114 cm³/mol. The maximum absolute atomic E-state index is 13.9. The SMILES string of the molecule is Cc1nc2c(OCc3c(F)cccc3F)cccn2c1C(=O)NC(CO)c1ccccc1. The summed E-state index contributed by atoms with van der Waals surface area (Å²) in [6, 6.07) is 15.4. The van der Waals surface area contributed by atoms with Crippen LogP contribution in [0.1, 0.15) is 33.4 Å². The van der Waals surface area contributed by atoms with E-state index in [2.05, 4.69) is 10.3 Å². The monoisotopic (exact) mass is 437 g/mol. The van der Waals surface area contributed by atoms with Crippen molar-refractivity contribution in [3.8, 4) is 5.75 Å². The molecule has 32 heavy (non-hydrogen) atoms. The lowest BCUT2D eigenvalue weighted by atomic mass is 10.1. The molecule has 2 aromatic carbocycles. The summed E-state index contributed by atoms with van der Waals surface area (Å²) >= 11 is 0. The molecule has 2 N–H and O–H groups in total. The lowest BCUT2D eigenvalue weighted by molar-refractivity contribution is 0.0909. The van der Waals surface area contributed by atoms with Crippen LogP contribution in [0.4, 0.5) is 8.78 Å². The number of benzene rings is 2. The van der Waals surface area contributed by atoms with Gasteiger partial charge in [0.1, 0.15) is 23.9 Å². The van der Waals surface area contributed by atoms with Crippen LogP contribution < -0.4 is 10.1 Å². The molecular formula is C24H21F2N3O3. The first kappa shape index (κ1) is 21.5. The number of aliphatic hydroxyl groups is 1. The lowest BCUT2D eigenvalue weighted by Crippen LogP contribution is -2.32. The van der Waals surface area contributed by atoms with Crippen molar-refractivity contribution >= 4 is 11.6 Å². The second kappa shape index (κ2) is 9.15. The van der Waals surface area contributed by atoms with Crippen molar-refractivity contribution in [2.45, 2.75) is 19.6 Å². The number of aryl methyl sites for hydroxylation is 1. The number of hydrogen-bond donors (Lipinski definition) is 2. The predicted octanol–water partition coefficient (Wildman–Crippen LogP) is 3.96. The molecule has 2 heterocycles. The zero-order valence-corrected chi connectivity index (χ0v) is 17.3. The average molecular weight is 437 g/mol. The van der Waals surface area contributed by atoms with E-state index in [1.165, 1.54) is 6.07 Å². The number of carbonyl (C=O) groups is 1. The van der Waals surface area contributed by atoms with Crippen LogP contribution >= 0.6 is 0 Å². The van der Waals surface area contributed by atoms with Gasteiger partial charge in [-0.25, -0.2) is 13.8 Å². The van der Waals surface area contributed by atoms with Gasteiger partial charge in [-0.1, -0.05) is 36.4 Å². The maximum atomic E-state index is 13.9. The van der Waals surface area contributed by atoms with Gasteiger partial charge in [0, 0.05) is 6.20 Å². The summed E-state index contributed by atoms with van der Waals surface area (Å²) in [5, 5.41) is 12.6. The third-order valence-corrected chi connectivity index (χ3v) is 5.13. The molecule has 6 nitrogen and oxygen atoms in total. The highest BCUT2D eigenvalue weighted by atomic mass is 19.1. The molecule has 1 amide bonds. The van der Waals surface area contributed by atoms with Crippen molar-refractivity contribution in [3.63, 3.8) is 0 Å². The summed E-state index contributed by atoms with van der Waals surface area (Å²) in [5.74, 6) is -1.55. The van der Waals surface area contributed by atoms with Crippen LogP contribution in [0, 0.1) is 18.6 Å². The number of ether oxygens (including phenoxy) is 1. The number of fused-ring (bicyclic) bond motifs is 1. The molecule has 2 aromatic heterocycles. The van der Waals surface area contributed by atoms with E-state index in [4.69, 9.17) is 4.74 Å². The summed E-state index contributed by atoms with van der Waals surface area (Å²) in [5.41, 5.74) is 1.64. The van der Waals surface area contributed by atoms with Crippen molar-refractivity contribution < 1.29 is 23.4 Å². The molecule has 0 spiro atoms.